The number of para-hydroxylation sites is 1. The van der Waals surface area contributed by atoms with Crippen molar-refractivity contribution in [1.29, 1.82) is 0 Å². The third kappa shape index (κ3) is 5.46. The van der Waals surface area contributed by atoms with E-state index in [1.165, 1.54) is 24.3 Å². The smallest absolute Gasteiger partial charge is 0.311 e. The Balaban J connectivity index is 1.65. The standard InChI is InChI=1S/C20H20ClN5O6S/c1-2-32-17-7-6-13(12-16(17)26(30)31)19(27)22-20(33)24-10-8-23(9-11-24)18-14(21)4-3-5-15(18)25(28)29/h3-7,12H,2,8-11H2,1H3,(H,22,27,33). The van der Waals surface area contributed by atoms with Crippen molar-refractivity contribution in [1.82, 2.24) is 10.2 Å². The lowest BCUT2D eigenvalue weighted by atomic mass is 10.1. The third-order valence-corrected chi connectivity index (χ3v) is 5.65. The first kappa shape index (κ1) is 24.1. The number of hydrogen-bond acceptors (Lipinski definition) is 8. The zero-order valence-corrected chi connectivity index (χ0v) is 19.1. The number of ether oxygens (including phenoxy) is 1. The van der Waals surface area contributed by atoms with Gasteiger partial charge in [-0.3, -0.25) is 30.3 Å². The summed E-state index contributed by atoms with van der Waals surface area (Å²) in [6.07, 6.45) is 0. The topological polar surface area (TPSA) is 131 Å². The Labute approximate surface area is 199 Å². The molecule has 11 nitrogen and oxygen atoms in total. The maximum absolute atomic E-state index is 12.6. The summed E-state index contributed by atoms with van der Waals surface area (Å²) in [6.45, 7) is 3.53. The van der Waals surface area contributed by atoms with Crippen LogP contribution >= 0.6 is 23.8 Å². The number of piperazine rings is 1. The van der Waals surface area contributed by atoms with Crippen LogP contribution in [0.1, 0.15) is 17.3 Å². The lowest BCUT2D eigenvalue weighted by Gasteiger charge is -2.37. The lowest BCUT2D eigenvalue weighted by molar-refractivity contribution is -0.385. The molecule has 0 atom stereocenters. The molecule has 1 aliphatic rings. The molecule has 0 radical (unpaired) electrons. The minimum atomic E-state index is -0.618. The van der Waals surface area contributed by atoms with Gasteiger partial charge < -0.3 is 14.5 Å². The molecule has 3 rings (SSSR count). The molecule has 0 unspecified atom stereocenters. The zero-order chi connectivity index (χ0) is 24.1. The molecule has 0 aromatic heterocycles. The van der Waals surface area contributed by atoms with Gasteiger partial charge in [-0.1, -0.05) is 17.7 Å². The fraction of sp³-hybridized carbons (Fsp3) is 0.300. The highest BCUT2D eigenvalue weighted by Gasteiger charge is 2.27. The molecule has 0 aliphatic carbocycles. The lowest BCUT2D eigenvalue weighted by Crippen LogP contribution is -2.52. The van der Waals surface area contributed by atoms with Gasteiger partial charge in [0, 0.05) is 43.9 Å². The number of amides is 1. The van der Waals surface area contributed by atoms with Gasteiger partial charge in [-0.15, -0.1) is 0 Å². The Morgan fingerprint density at radius 2 is 1.79 bits per heavy atom. The fourth-order valence-electron chi connectivity index (χ4n) is 3.42. The number of anilines is 1. The average molecular weight is 494 g/mol. The van der Waals surface area contributed by atoms with E-state index in [1.54, 1.807) is 22.8 Å². The number of rotatable bonds is 6. The summed E-state index contributed by atoms with van der Waals surface area (Å²) in [4.78, 5) is 37.7. The van der Waals surface area contributed by atoms with Gasteiger partial charge in [-0.05, 0) is 37.3 Å². The molecule has 2 aromatic carbocycles. The number of carbonyl (C=O) groups excluding carboxylic acids is 1. The quantitative estimate of drug-likeness (QED) is 0.365. The Hall–Kier alpha value is -3.51. The van der Waals surface area contributed by atoms with E-state index in [0.717, 1.165) is 6.07 Å². The highest BCUT2D eigenvalue weighted by molar-refractivity contribution is 7.80. The molecule has 174 valence electrons. The molecule has 1 N–H and O–H groups in total. The van der Waals surface area contributed by atoms with E-state index in [4.69, 9.17) is 28.6 Å². The van der Waals surface area contributed by atoms with Crippen molar-refractivity contribution in [2.45, 2.75) is 6.92 Å². The molecule has 0 bridgehead atoms. The van der Waals surface area contributed by atoms with E-state index in [0.29, 0.717) is 31.9 Å². The summed E-state index contributed by atoms with van der Waals surface area (Å²) >= 11 is 11.5. The second-order valence-corrected chi connectivity index (χ2v) is 7.76. The van der Waals surface area contributed by atoms with Crippen LogP contribution in [0, 0.1) is 20.2 Å². The monoisotopic (exact) mass is 493 g/mol. The first-order chi connectivity index (χ1) is 15.7. The molecule has 1 fully saturated rings. The van der Waals surface area contributed by atoms with Gasteiger partial charge in [-0.25, -0.2) is 0 Å². The molecule has 33 heavy (non-hydrogen) atoms. The van der Waals surface area contributed by atoms with E-state index in [-0.39, 0.29) is 39.4 Å². The highest BCUT2D eigenvalue weighted by atomic mass is 35.5. The number of thiocarbonyl (C=S) groups is 1. The van der Waals surface area contributed by atoms with Crippen molar-refractivity contribution in [2.75, 3.05) is 37.7 Å². The minimum Gasteiger partial charge on any atom is -0.487 e. The van der Waals surface area contributed by atoms with Crippen LogP contribution in [0.15, 0.2) is 36.4 Å². The van der Waals surface area contributed by atoms with E-state index >= 15 is 0 Å². The van der Waals surface area contributed by atoms with Crippen LogP contribution in [0.25, 0.3) is 0 Å². The van der Waals surface area contributed by atoms with Crippen LogP contribution in [0.3, 0.4) is 0 Å². The number of carbonyl (C=O) groups is 1. The zero-order valence-electron chi connectivity index (χ0n) is 17.5. The Bertz CT molecular complexity index is 1110. The van der Waals surface area contributed by atoms with Crippen LogP contribution in [0.4, 0.5) is 17.1 Å². The SMILES string of the molecule is CCOc1ccc(C(=O)NC(=S)N2CCN(c3c(Cl)cccc3[N+](=O)[O-])CC2)cc1[N+](=O)[O-]. The van der Waals surface area contributed by atoms with E-state index < -0.39 is 15.8 Å². The van der Waals surface area contributed by atoms with Crippen molar-refractivity contribution in [2.24, 2.45) is 0 Å². The molecule has 13 heteroatoms. The van der Waals surface area contributed by atoms with E-state index in [1.807, 2.05) is 0 Å². The number of nitro benzene ring substituents is 2. The van der Waals surface area contributed by atoms with E-state index in [2.05, 4.69) is 5.32 Å². The largest absolute Gasteiger partial charge is 0.487 e. The fourth-order valence-corrected chi connectivity index (χ4v) is 3.99. The van der Waals surface area contributed by atoms with Crippen molar-refractivity contribution >= 4 is 51.9 Å². The summed E-state index contributed by atoms with van der Waals surface area (Å²) in [5.41, 5.74) is 0.0209. The average Bonchev–Trinajstić information content (AvgIpc) is 2.79. The van der Waals surface area contributed by atoms with Gasteiger partial charge in [0.25, 0.3) is 11.6 Å². The molecule has 1 saturated heterocycles. The summed E-state index contributed by atoms with van der Waals surface area (Å²) < 4.78 is 5.22. The van der Waals surface area contributed by atoms with Gasteiger partial charge in [0.2, 0.25) is 0 Å². The Morgan fingerprint density at radius 1 is 1.12 bits per heavy atom. The Morgan fingerprint density at radius 3 is 2.39 bits per heavy atom. The van der Waals surface area contributed by atoms with Crippen molar-refractivity contribution < 1.29 is 19.4 Å². The maximum atomic E-state index is 12.6. The molecule has 0 spiro atoms. The summed E-state index contributed by atoms with van der Waals surface area (Å²) in [6, 6.07) is 8.44. The number of nitrogens with zero attached hydrogens (tertiary/aromatic N) is 4. The molecule has 1 aliphatic heterocycles. The normalized spacial score (nSPS) is 13.4. The first-order valence-corrected chi connectivity index (χ1v) is 10.7. The van der Waals surface area contributed by atoms with E-state index in [9.17, 15) is 25.0 Å². The van der Waals surface area contributed by atoms with Gasteiger partial charge in [-0.2, -0.15) is 0 Å². The number of nitrogens with one attached hydrogen (secondary N) is 1. The molecular weight excluding hydrogens is 474 g/mol. The second kappa shape index (κ2) is 10.4. The number of nitro groups is 2. The molecule has 2 aromatic rings. The molecular formula is C20H20ClN5O6S. The van der Waals surface area contributed by atoms with Crippen molar-refractivity contribution in [3.8, 4) is 5.75 Å². The van der Waals surface area contributed by atoms with Crippen molar-refractivity contribution in [3.05, 3.63) is 67.2 Å². The van der Waals surface area contributed by atoms with Crippen LogP contribution in [-0.4, -0.2) is 58.6 Å². The molecule has 1 amide bonds. The van der Waals surface area contributed by atoms with Crippen molar-refractivity contribution in [3.63, 3.8) is 0 Å². The summed E-state index contributed by atoms with van der Waals surface area (Å²) in [7, 11) is 0. The van der Waals surface area contributed by atoms with Gasteiger partial charge in [0.05, 0.1) is 21.5 Å². The van der Waals surface area contributed by atoms with Crippen LogP contribution in [0.5, 0.6) is 5.75 Å². The minimum absolute atomic E-state index is 0.0674. The van der Waals surface area contributed by atoms with Crippen LogP contribution in [-0.2, 0) is 0 Å². The summed E-state index contributed by atoms with van der Waals surface area (Å²) in [5, 5.41) is 25.7. The highest BCUT2D eigenvalue weighted by Crippen LogP contribution is 2.36. The van der Waals surface area contributed by atoms with Gasteiger partial charge in [0.1, 0.15) is 5.69 Å². The maximum Gasteiger partial charge on any atom is 0.311 e. The predicted octanol–water partition coefficient (Wildman–Crippen LogP) is 3.39. The summed E-state index contributed by atoms with van der Waals surface area (Å²) in [5.74, 6) is -0.512. The van der Waals surface area contributed by atoms with Crippen LogP contribution in [0.2, 0.25) is 5.02 Å². The predicted molar refractivity (Wildman–Crippen MR) is 126 cm³/mol. The van der Waals surface area contributed by atoms with Crippen LogP contribution < -0.4 is 15.0 Å². The molecule has 0 saturated carbocycles. The molecule has 1 heterocycles. The van der Waals surface area contributed by atoms with Gasteiger partial charge >= 0.3 is 5.69 Å². The number of benzene rings is 2. The number of halogens is 1. The van der Waals surface area contributed by atoms with Gasteiger partial charge in [0.15, 0.2) is 10.9 Å². The third-order valence-electron chi connectivity index (χ3n) is 4.98. The number of hydrogen-bond donors (Lipinski definition) is 1. The first-order valence-electron chi connectivity index (χ1n) is 9.92. The second-order valence-electron chi connectivity index (χ2n) is 6.97. The Kier molecular flexibility index (Phi) is 7.61.